The average molecular weight is 498 g/mol. The molecule has 0 aliphatic rings. The van der Waals surface area contributed by atoms with Gasteiger partial charge in [0, 0.05) is 47.1 Å². The first-order valence-corrected chi connectivity index (χ1v) is 9.20. The number of rotatable bonds is 14. The maximum absolute atomic E-state index is 5.47. The van der Waals surface area contributed by atoms with Crippen LogP contribution >= 0.6 is 24.0 Å². The van der Waals surface area contributed by atoms with Gasteiger partial charge in [0.2, 0.25) is 0 Å². The fourth-order valence-electron chi connectivity index (χ4n) is 2.06. The minimum atomic E-state index is 0. The molecule has 0 spiro atoms. The van der Waals surface area contributed by atoms with E-state index in [9.17, 15) is 0 Å². The summed E-state index contributed by atoms with van der Waals surface area (Å²) in [6.07, 6.45) is 1.82. The molecule has 0 radical (unpaired) electrons. The third-order valence-corrected chi connectivity index (χ3v) is 3.71. The van der Waals surface area contributed by atoms with Gasteiger partial charge in [-0.2, -0.15) is 0 Å². The highest BCUT2D eigenvalue weighted by Crippen LogP contribution is 1.99. The maximum atomic E-state index is 5.47. The molecule has 158 valence electrons. The number of guanidine groups is 1. The largest absolute Gasteiger partial charge is 0.382 e. The van der Waals surface area contributed by atoms with Crippen LogP contribution in [0.2, 0.25) is 0 Å². The fourth-order valence-corrected chi connectivity index (χ4v) is 2.06. The normalized spacial score (nSPS) is 11.3. The van der Waals surface area contributed by atoms with E-state index in [0.717, 1.165) is 56.8 Å². The number of hydrogen-bond donors (Lipinski definition) is 2. The molecule has 0 saturated carbocycles. The SMILES string of the molecule is CCOCCCNC(=NCc1nnc(C)n1C)NCCCOCCOC.I. The summed E-state index contributed by atoms with van der Waals surface area (Å²) in [5.41, 5.74) is 0. The molecule has 1 aromatic rings. The number of halogens is 1. The number of aryl methyl sites for hydroxylation is 1. The lowest BCUT2D eigenvalue weighted by atomic mass is 10.4. The summed E-state index contributed by atoms with van der Waals surface area (Å²) in [6.45, 7) is 9.40. The Morgan fingerprint density at radius 3 is 2.26 bits per heavy atom. The Labute approximate surface area is 179 Å². The molecule has 27 heavy (non-hydrogen) atoms. The highest BCUT2D eigenvalue weighted by Gasteiger charge is 2.05. The molecule has 0 fully saturated rings. The smallest absolute Gasteiger partial charge is 0.191 e. The van der Waals surface area contributed by atoms with Gasteiger partial charge in [0.1, 0.15) is 12.4 Å². The van der Waals surface area contributed by atoms with Crippen LogP contribution < -0.4 is 10.6 Å². The number of ether oxygens (including phenoxy) is 3. The third kappa shape index (κ3) is 12.2. The highest BCUT2D eigenvalue weighted by atomic mass is 127. The van der Waals surface area contributed by atoms with Crippen molar-refractivity contribution >= 4 is 29.9 Å². The summed E-state index contributed by atoms with van der Waals surface area (Å²) in [6, 6.07) is 0. The monoisotopic (exact) mass is 498 g/mol. The third-order valence-electron chi connectivity index (χ3n) is 3.71. The van der Waals surface area contributed by atoms with E-state index >= 15 is 0 Å². The van der Waals surface area contributed by atoms with E-state index in [1.807, 2.05) is 25.5 Å². The number of nitrogens with zero attached hydrogens (tertiary/aromatic N) is 4. The molecule has 2 N–H and O–H groups in total. The molecule has 0 aromatic carbocycles. The van der Waals surface area contributed by atoms with Crippen molar-refractivity contribution in [2.45, 2.75) is 33.2 Å². The van der Waals surface area contributed by atoms with Crippen LogP contribution in [0.3, 0.4) is 0 Å². The number of nitrogens with one attached hydrogen (secondary N) is 2. The van der Waals surface area contributed by atoms with Crippen molar-refractivity contribution in [3.05, 3.63) is 11.6 Å². The molecule has 1 aromatic heterocycles. The molecule has 0 aliphatic heterocycles. The van der Waals surface area contributed by atoms with Gasteiger partial charge in [-0.3, -0.25) is 0 Å². The van der Waals surface area contributed by atoms with Crippen LogP contribution in [0, 0.1) is 6.92 Å². The van der Waals surface area contributed by atoms with Gasteiger partial charge in [0.25, 0.3) is 0 Å². The quantitative estimate of drug-likeness (QED) is 0.173. The summed E-state index contributed by atoms with van der Waals surface area (Å²) in [5, 5.41) is 14.9. The first kappa shape index (κ1) is 26.0. The van der Waals surface area contributed by atoms with Crippen molar-refractivity contribution in [1.29, 1.82) is 0 Å². The Balaban J connectivity index is 0.00000676. The van der Waals surface area contributed by atoms with Gasteiger partial charge in [0.05, 0.1) is 13.2 Å². The van der Waals surface area contributed by atoms with E-state index in [-0.39, 0.29) is 24.0 Å². The van der Waals surface area contributed by atoms with Gasteiger partial charge in [-0.25, -0.2) is 4.99 Å². The second-order valence-electron chi connectivity index (χ2n) is 5.75. The van der Waals surface area contributed by atoms with Gasteiger partial charge in [-0.05, 0) is 26.7 Å². The minimum absolute atomic E-state index is 0. The van der Waals surface area contributed by atoms with Crippen LogP contribution in [0.5, 0.6) is 0 Å². The summed E-state index contributed by atoms with van der Waals surface area (Å²) in [7, 11) is 3.61. The van der Waals surface area contributed by atoms with Crippen LogP contribution in [0.25, 0.3) is 0 Å². The molecule has 9 nitrogen and oxygen atoms in total. The molecule has 0 bridgehead atoms. The van der Waals surface area contributed by atoms with E-state index in [4.69, 9.17) is 14.2 Å². The van der Waals surface area contributed by atoms with Crippen molar-refractivity contribution in [3.8, 4) is 0 Å². The lowest BCUT2D eigenvalue weighted by molar-refractivity contribution is 0.0698. The van der Waals surface area contributed by atoms with E-state index in [2.05, 4.69) is 25.8 Å². The second-order valence-corrected chi connectivity index (χ2v) is 5.75. The summed E-state index contributed by atoms with van der Waals surface area (Å²) in [4.78, 5) is 4.60. The Kier molecular flexibility index (Phi) is 16.5. The van der Waals surface area contributed by atoms with Gasteiger partial charge < -0.3 is 29.4 Å². The van der Waals surface area contributed by atoms with Crippen LogP contribution in [0.15, 0.2) is 4.99 Å². The Morgan fingerprint density at radius 1 is 1.04 bits per heavy atom. The molecule has 1 rings (SSSR count). The topological polar surface area (TPSA) is 94.8 Å². The van der Waals surface area contributed by atoms with Crippen molar-refractivity contribution in [2.75, 3.05) is 53.2 Å². The minimum Gasteiger partial charge on any atom is -0.382 e. The number of aromatic nitrogens is 3. The number of aliphatic imine (C=N–C) groups is 1. The van der Waals surface area contributed by atoms with Gasteiger partial charge in [-0.1, -0.05) is 0 Å². The molecule has 10 heteroatoms. The van der Waals surface area contributed by atoms with E-state index in [1.54, 1.807) is 7.11 Å². The predicted molar refractivity (Wildman–Crippen MR) is 117 cm³/mol. The molecule has 0 saturated heterocycles. The molecule has 0 amide bonds. The highest BCUT2D eigenvalue weighted by molar-refractivity contribution is 14.0. The average Bonchev–Trinajstić information content (AvgIpc) is 2.96. The Bertz CT molecular complexity index is 513. The summed E-state index contributed by atoms with van der Waals surface area (Å²) >= 11 is 0. The Hall–Kier alpha value is -0.980. The molecule has 0 aliphatic carbocycles. The van der Waals surface area contributed by atoms with Crippen LogP contribution in [0.1, 0.15) is 31.4 Å². The standard InChI is InChI=1S/C17H34N6O3.HI/c1-5-25-10-6-8-18-17(19-9-7-11-26-13-12-24-4)20-14-16-22-21-15(2)23(16)3;/h5-14H2,1-4H3,(H2,18,19,20);1H. The lowest BCUT2D eigenvalue weighted by Gasteiger charge is -2.13. The van der Waals surface area contributed by atoms with Crippen LogP contribution in [0.4, 0.5) is 0 Å². The van der Waals surface area contributed by atoms with Gasteiger partial charge in [-0.15, -0.1) is 34.2 Å². The molecule has 0 atom stereocenters. The van der Waals surface area contributed by atoms with E-state index in [0.29, 0.717) is 26.4 Å². The van der Waals surface area contributed by atoms with Crippen LogP contribution in [-0.2, 0) is 27.8 Å². The molecular formula is C17H35IN6O3. The Morgan fingerprint density at radius 2 is 1.70 bits per heavy atom. The second kappa shape index (κ2) is 17.1. The zero-order chi connectivity index (χ0) is 19.0. The van der Waals surface area contributed by atoms with Crippen molar-refractivity contribution in [3.63, 3.8) is 0 Å². The first-order valence-electron chi connectivity index (χ1n) is 9.20. The zero-order valence-corrected chi connectivity index (χ0v) is 19.3. The van der Waals surface area contributed by atoms with Crippen LogP contribution in [-0.4, -0.2) is 74.0 Å². The predicted octanol–water partition coefficient (Wildman–Crippen LogP) is 1.26. The zero-order valence-electron chi connectivity index (χ0n) is 17.0. The summed E-state index contributed by atoms with van der Waals surface area (Å²) in [5.74, 6) is 2.47. The number of methoxy groups -OCH3 is 1. The maximum Gasteiger partial charge on any atom is 0.191 e. The molecule has 1 heterocycles. The fraction of sp³-hybridized carbons (Fsp3) is 0.824. The van der Waals surface area contributed by atoms with E-state index in [1.165, 1.54) is 0 Å². The molecule has 0 unspecified atom stereocenters. The van der Waals surface area contributed by atoms with Crippen molar-refractivity contribution in [1.82, 2.24) is 25.4 Å². The van der Waals surface area contributed by atoms with Gasteiger partial charge in [0.15, 0.2) is 11.8 Å². The van der Waals surface area contributed by atoms with Crippen molar-refractivity contribution < 1.29 is 14.2 Å². The first-order chi connectivity index (χ1) is 12.7. The van der Waals surface area contributed by atoms with E-state index < -0.39 is 0 Å². The number of hydrogen-bond acceptors (Lipinski definition) is 6. The van der Waals surface area contributed by atoms with Gasteiger partial charge >= 0.3 is 0 Å². The lowest BCUT2D eigenvalue weighted by Crippen LogP contribution is -2.39. The molecular weight excluding hydrogens is 463 g/mol. The van der Waals surface area contributed by atoms with Crippen molar-refractivity contribution in [2.24, 2.45) is 12.0 Å². The summed E-state index contributed by atoms with van der Waals surface area (Å²) < 4.78 is 17.7.